The van der Waals surface area contributed by atoms with E-state index in [1.54, 1.807) is 7.11 Å². The molecule has 0 saturated heterocycles. The smallest absolute Gasteiger partial charge is 0.164 e. The molecule has 1 aliphatic rings. The van der Waals surface area contributed by atoms with E-state index in [9.17, 15) is 13.2 Å². The number of rotatable bonds is 6. The average molecular weight is 262 g/mol. The summed E-state index contributed by atoms with van der Waals surface area (Å²) in [6.07, 6.45) is 6.66. The Morgan fingerprint density at radius 3 is 2.29 bits per heavy atom. The van der Waals surface area contributed by atoms with Gasteiger partial charge < -0.3 is 4.74 Å². The van der Waals surface area contributed by atoms with E-state index < -0.39 is 15.4 Å². The zero-order valence-electron chi connectivity index (χ0n) is 10.7. The van der Waals surface area contributed by atoms with Crippen LogP contribution in [0, 0.1) is 0 Å². The molecule has 1 aliphatic carbocycles. The molecule has 0 unspecified atom stereocenters. The third kappa shape index (κ3) is 4.39. The highest BCUT2D eigenvalue weighted by molar-refractivity contribution is 7.90. The second-order valence-corrected chi connectivity index (χ2v) is 7.18. The van der Waals surface area contributed by atoms with Gasteiger partial charge in [-0.15, -0.1) is 0 Å². The first-order valence-corrected chi connectivity index (χ1v) is 8.22. The van der Waals surface area contributed by atoms with Crippen molar-refractivity contribution >= 4 is 15.6 Å². The van der Waals surface area contributed by atoms with E-state index >= 15 is 0 Å². The van der Waals surface area contributed by atoms with Gasteiger partial charge in [-0.05, 0) is 19.3 Å². The largest absolute Gasteiger partial charge is 0.370 e. The van der Waals surface area contributed by atoms with Crippen LogP contribution < -0.4 is 0 Å². The first-order chi connectivity index (χ1) is 7.90. The lowest BCUT2D eigenvalue weighted by Crippen LogP contribution is -2.42. The standard InChI is InChI=1S/C12H22O4S/c1-16-12(8-4-3-5-9-12)11(13)7-6-10-17(2,14)15/h3-10H2,1-2H3. The Kier molecular flexibility index (Phi) is 5.13. The molecule has 0 N–H and O–H groups in total. The van der Waals surface area contributed by atoms with Gasteiger partial charge in [0.15, 0.2) is 5.78 Å². The summed E-state index contributed by atoms with van der Waals surface area (Å²) >= 11 is 0. The molecule has 0 bridgehead atoms. The number of sulfone groups is 1. The summed E-state index contributed by atoms with van der Waals surface area (Å²) in [4.78, 5) is 12.1. The zero-order valence-corrected chi connectivity index (χ0v) is 11.5. The Hall–Kier alpha value is -0.420. The molecule has 0 aromatic rings. The Morgan fingerprint density at radius 1 is 1.24 bits per heavy atom. The Labute approximate surface area is 104 Å². The van der Waals surface area contributed by atoms with Gasteiger partial charge in [0.25, 0.3) is 0 Å². The number of ketones is 1. The van der Waals surface area contributed by atoms with Crippen LogP contribution in [-0.2, 0) is 19.4 Å². The molecule has 4 nitrogen and oxygen atoms in total. The maximum absolute atomic E-state index is 12.1. The summed E-state index contributed by atoms with van der Waals surface area (Å²) in [7, 11) is -1.39. The Bertz CT molecular complexity index is 353. The van der Waals surface area contributed by atoms with Gasteiger partial charge in [0.1, 0.15) is 15.4 Å². The van der Waals surface area contributed by atoms with Crippen LogP contribution in [0.2, 0.25) is 0 Å². The molecule has 0 amide bonds. The van der Waals surface area contributed by atoms with E-state index in [0.717, 1.165) is 32.1 Å². The van der Waals surface area contributed by atoms with Crippen molar-refractivity contribution in [3.8, 4) is 0 Å². The molecule has 1 saturated carbocycles. The normalized spacial score (nSPS) is 20.1. The Balaban J connectivity index is 2.49. The minimum absolute atomic E-state index is 0.0725. The van der Waals surface area contributed by atoms with Crippen LogP contribution in [0.3, 0.4) is 0 Å². The number of methoxy groups -OCH3 is 1. The van der Waals surface area contributed by atoms with Crippen LogP contribution in [0.5, 0.6) is 0 Å². The van der Waals surface area contributed by atoms with Crippen LogP contribution in [0.15, 0.2) is 0 Å². The van der Waals surface area contributed by atoms with E-state index in [4.69, 9.17) is 4.74 Å². The van der Waals surface area contributed by atoms with Gasteiger partial charge in [-0.1, -0.05) is 19.3 Å². The van der Waals surface area contributed by atoms with Crippen LogP contribution in [0.4, 0.5) is 0 Å². The maximum Gasteiger partial charge on any atom is 0.164 e. The minimum Gasteiger partial charge on any atom is -0.370 e. The van der Waals surface area contributed by atoms with Gasteiger partial charge >= 0.3 is 0 Å². The highest BCUT2D eigenvalue weighted by Crippen LogP contribution is 2.33. The molecule has 0 radical (unpaired) electrons. The van der Waals surface area contributed by atoms with Crippen LogP contribution in [0.1, 0.15) is 44.9 Å². The predicted octanol–water partition coefficient (Wildman–Crippen LogP) is 1.73. The number of hydrogen-bond acceptors (Lipinski definition) is 4. The van der Waals surface area contributed by atoms with Gasteiger partial charge in [-0.2, -0.15) is 0 Å². The van der Waals surface area contributed by atoms with E-state index in [1.807, 2.05) is 0 Å². The molecule has 0 spiro atoms. The highest BCUT2D eigenvalue weighted by Gasteiger charge is 2.38. The first kappa shape index (κ1) is 14.6. The predicted molar refractivity (Wildman–Crippen MR) is 66.8 cm³/mol. The van der Waals surface area contributed by atoms with Crippen molar-refractivity contribution in [3.05, 3.63) is 0 Å². The highest BCUT2D eigenvalue weighted by atomic mass is 32.2. The van der Waals surface area contributed by atoms with Crippen molar-refractivity contribution in [2.75, 3.05) is 19.1 Å². The Morgan fingerprint density at radius 2 is 1.82 bits per heavy atom. The van der Waals surface area contributed by atoms with E-state index in [2.05, 4.69) is 0 Å². The summed E-state index contributed by atoms with van der Waals surface area (Å²) in [5.74, 6) is 0.154. The fourth-order valence-corrected chi connectivity index (χ4v) is 3.11. The molecular formula is C12H22O4S. The third-order valence-corrected chi connectivity index (χ3v) is 4.51. The van der Waals surface area contributed by atoms with Gasteiger partial charge in [-0.3, -0.25) is 4.79 Å². The number of carbonyl (C=O) groups excluding carboxylic acids is 1. The molecule has 0 aliphatic heterocycles. The molecule has 0 aromatic heterocycles. The van der Waals surface area contributed by atoms with E-state index in [0.29, 0.717) is 12.8 Å². The van der Waals surface area contributed by atoms with Gasteiger partial charge in [0.05, 0.1) is 5.75 Å². The number of carbonyl (C=O) groups is 1. The summed E-state index contributed by atoms with van der Waals surface area (Å²) in [5.41, 5.74) is -0.629. The summed E-state index contributed by atoms with van der Waals surface area (Å²) in [5, 5.41) is 0. The van der Waals surface area contributed by atoms with Gasteiger partial charge in [-0.25, -0.2) is 8.42 Å². The monoisotopic (exact) mass is 262 g/mol. The molecular weight excluding hydrogens is 240 g/mol. The molecule has 17 heavy (non-hydrogen) atoms. The lowest BCUT2D eigenvalue weighted by Gasteiger charge is -2.34. The van der Waals surface area contributed by atoms with Crippen molar-refractivity contribution in [1.29, 1.82) is 0 Å². The average Bonchev–Trinajstić information content (AvgIpc) is 2.28. The molecule has 100 valence electrons. The van der Waals surface area contributed by atoms with Crippen LogP contribution in [0.25, 0.3) is 0 Å². The topological polar surface area (TPSA) is 60.4 Å². The number of Topliss-reactive ketones (excluding diaryl/α,β-unsaturated/α-hetero) is 1. The molecule has 0 aromatic carbocycles. The lowest BCUT2D eigenvalue weighted by molar-refractivity contribution is -0.145. The van der Waals surface area contributed by atoms with Gasteiger partial charge in [0, 0.05) is 19.8 Å². The molecule has 0 atom stereocenters. The maximum atomic E-state index is 12.1. The van der Waals surface area contributed by atoms with Gasteiger partial charge in [0.2, 0.25) is 0 Å². The lowest BCUT2D eigenvalue weighted by atomic mass is 9.80. The minimum atomic E-state index is -2.97. The van der Waals surface area contributed by atoms with Crippen molar-refractivity contribution in [3.63, 3.8) is 0 Å². The second kappa shape index (κ2) is 5.96. The molecule has 1 fully saturated rings. The van der Waals surface area contributed by atoms with E-state index in [-0.39, 0.29) is 11.5 Å². The fourth-order valence-electron chi connectivity index (χ4n) is 2.44. The summed E-state index contributed by atoms with van der Waals surface area (Å²) < 4.78 is 27.4. The fraction of sp³-hybridized carbons (Fsp3) is 0.917. The quantitative estimate of drug-likeness (QED) is 0.731. The SMILES string of the molecule is COC1(C(=O)CCCS(C)(=O)=O)CCCCC1. The van der Waals surface area contributed by atoms with Crippen molar-refractivity contribution < 1.29 is 17.9 Å². The first-order valence-electron chi connectivity index (χ1n) is 6.16. The second-order valence-electron chi connectivity index (χ2n) is 4.92. The third-order valence-electron chi connectivity index (χ3n) is 3.48. The van der Waals surface area contributed by atoms with Crippen molar-refractivity contribution in [1.82, 2.24) is 0 Å². The molecule has 5 heteroatoms. The summed E-state index contributed by atoms with van der Waals surface area (Å²) in [6.45, 7) is 0. The van der Waals surface area contributed by atoms with Crippen molar-refractivity contribution in [2.24, 2.45) is 0 Å². The molecule has 0 heterocycles. The van der Waals surface area contributed by atoms with E-state index in [1.165, 1.54) is 6.26 Å². The number of ether oxygens (including phenoxy) is 1. The summed E-state index contributed by atoms with van der Waals surface area (Å²) in [6, 6.07) is 0. The van der Waals surface area contributed by atoms with Crippen molar-refractivity contribution in [2.45, 2.75) is 50.5 Å². The van der Waals surface area contributed by atoms with Crippen LogP contribution >= 0.6 is 0 Å². The zero-order chi connectivity index (χ0) is 12.9. The number of hydrogen-bond donors (Lipinski definition) is 0. The van der Waals surface area contributed by atoms with Crippen LogP contribution in [-0.4, -0.2) is 38.9 Å². The molecule has 1 rings (SSSR count).